The average Bonchev–Trinajstić information content (AvgIpc) is 2.96. The Morgan fingerprint density at radius 2 is 1.90 bits per heavy atom. The first kappa shape index (κ1) is 21.9. The minimum atomic E-state index is -0.499. The van der Waals surface area contributed by atoms with E-state index in [1.807, 2.05) is 24.3 Å². The standard InChI is InChI=1S/C22H21ClN2O4S/c1-13(2)15-6-4-14(5-7-15)10-19-21(27)25(22(28)30-19)12-20(26)24-16-8-9-18(29-3)17(23)11-16/h4-11,13H,12H2,1-3H3,(H,24,26)/b19-10+. The van der Waals surface area contributed by atoms with Crippen molar-refractivity contribution < 1.29 is 19.1 Å². The van der Waals surface area contributed by atoms with Crippen molar-refractivity contribution >= 4 is 52.2 Å². The first-order chi connectivity index (χ1) is 14.3. The third kappa shape index (κ3) is 5.04. The normalized spacial score (nSPS) is 15.2. The van der Waals surface area contributed by atoms with Crippen molar-refractivity contribution in [1.82, 2.24) is 4.90 Å². The van der Waals surface area contributed by atoms with Crippen molar-refractivity contribution in [3.8, 4) is 5.75 Å². The summed E-state index contributed by atoms with van der Waals surface area (Å²) in [5, 5.41) is 2.49. The lowest BCUT2D eigenvalue weighted by Crippen LogP contribution is -2.36. The van der Waals surface area contributed by atoms with Crippen LogP contribution in [-0.2, 0) is 9.59 Å². The summed E-state index contributed by atoms with van der Waals surface area (Å²) < 4.78 is 5.07. The molecule has 1 aliphatic rings. The van der Waals surface area contributed by atoms with Crippen LogP contribution in [0.15, 0.2) is 47.4 Å². The molecular weight excluding hydrogens is 424 g/mol. The van der Waals surface area contributed by atoms with E-state index < -0.39 is 17.1 Å². The van der Waals surface area contributed by atoms with Gasteiger partial charge in [0, 0.05) is 5.69 Å². The Balaban J connectivity index is 1.67. The van der Waals surface area contributed by atoms with Crippen LogP contribution >= 0.6 is 23.4 Å². The van der Waals surface area contributed by atoms with E-state index in [1.165, 1.54) is 18.7 Å². The number of benzene rings is 2. The van der Waals surface area contributed by atoms with Crippen molar-refractivity contribution in [2.45, 2.75) is 19.8 Å². The number of imide groups is 1. The number of amides is 3. The van der Waals surface area contributed by atoms with Gasteiger partial charge in [-0.15, -0.1) is 0 Å². The Morgan fingerprint density at radius 1 is 1.20 bits per heavy atom. The third-order valence-corrected chi connectivity index (χ3v) is 5.71. The molecule has 0 unspecified atom stereocenters. The molecule has 0 bridgehead atoms. The highest BCUT2D eigenvalue weighted by molar-refractivity contribution is 8.18. The van der Waals surface area contributed by atoms with E-state index in [2.05, 4.69) is 19.2 Å². The molecule has 0 spiro atoms. The molecule has 30 heavy (non-hydrogen) atoms. The van der Waals surface area contributed by atoms with Crippen LogP contribution in [0, 0.1) is 0 Å². The van der Waals surface area contributed by atoms with Gasteiger partial charge in [-0.2, -0.15) is 0 Å². The predicted molar refractivity (Wildman–Crippen MR) is 120 cm³/mol. The topological polar surface area (TPSA) is 75.7 Å². The highest BCUT2D eigenvalue weighted by Gasteiger charge is 2.36. The second-order valence-corrected chi connectivity index (χ2v) is 8.39. The molecule has 2 aromatic rings. The Morgan fingerprint density at radius 3 is 2.50 bits per heavy atom. The quantitative estimate of drug-likeness (QED) is 0.624. The van der Waals surface area contributed by atoms with Gasteiger partial charge in [0.15, 0.2) is 0 Å². The summed E-state index contributed by atoms with van der Waals surface area (Å²) in [6.45, 7) is 3.83. The number of ether oxygens (including phenoxy) is 1. The van der Waals surface area contributed by atoms with Gasteiger partial charge in [-0.25, -0.2) is 0 Å². The van der Waals surface area contributed by atoms with Crippen LogP contribution in [0.3, 0.4) is 0 Å². The van der Waals surface area contributed by atoms with Crippen molar-refractivity contribution in [3.63, 3.8) is 0 Å². The lowest BCUT2D eigenvalue weighted by Gasteiger charge is -2.13. The SMILES string of the molecule is COc1ccc(NC(=O)CN2C(=O)S/C(=C/c3ccc(C(C)C)cc3)C2=O)cc1Cl. The zero-order valence-corrected chi connectivity index (χ0v) is 18.3. The van der Waals surface area contributed by atoms with E-state index in [1.54, 1.807) is 18.2 Å². The number of carbonyl (C=O) groups excluding carboxylic acids is 3. The number of thioether (sulfide) groups is 1. The fraction of sp³-hybridized carbons (Fsp3) is 0.227. The zero-order chi connectivity index (χ0) is 21.8. The van der Waals surface area contributed by atoms with E-state index in [9.17, 15) is 14.4 Å². The highest BCUT2D eigenvalue weighted by Crippen LogP contribution is 2.32. The number of rotatable bonds is 6. The second kappa shape index (κ2) is 9.36. The molecule has 0 atom stereocenters. The maximum Gasteiger partial charge on any atom is 0.294 e. The number of methoxy groups -OCH3 is 1. The largest absolute Gasteiger partial charge is 0.495 e. The number of carbonyl (C=O) groups is 3. The molecule has 1 heterocycles. The zero-order valence-electron chi connectivity index (χ0n) is 16.8. The average molecular weight is 445 g/mol. The van der Waals surface area contributed by atoms with Crippen LogP contribution in [0.4, 0.5) is 10.5 Å². The number of hydrogen-bond donors (Lipinski definition) is 1. The van der Waals surface area contributed by atoms with Crippen molar-refractivity contribution in [2.24, 2.45) is 0 Å². The minimum Gasteiger partial charge on any atom is -0.495 e. The molecule has 0 radical (unpaired) electrons. The summed E-state index contributed by atoms with van der Waals surface area (Å²) in [5.74, 6) is -0.0977. The summed E-state index contributed by atoms with van der Waals surface area (Å²) in [5.41, 5.74) is 2.45. The van der Waals surface area contributed by atoms with E-state index in [0.29, 0.717) is 22.4 Å². The van der Waals surface area contributed by atoms with E-state index >= 15 is 0 Å². The molecule has 3 amide bonds. The van der Waals surface area contributed by atoms with Gasteiger partial charge in [0.05, 0.1) is 17.0 Å². The summed E-state index contributed by atoms with van der Waals surface area (Å²) in [6.07, 6.45) is 1.66. The first-order valence-electron chi connectivity index (χ1n) is 9.27. The maximum absolute atomic E-state index is 12.6. The van der Waals surface area contributed by atoms with E-state index in [-0.39, 0.29) is 11.4 Å². The smallest absolute Gasteiger partial charge is 0.294 e. The molecule has 3 rings (SSSR count). The van der Waals surface area contributed by atoms with Gasteiger partial charge in [0.1, 0.15) is 12.3 Å². The van der Waals surface area contributed by atoms with Gasteiger partial charge < -0.3 is 10.1 Å². The Kier molecular flexibility index (Phi) is 6.84. The molecule has 0 aromatic heterocycles. The molecule has 1 saturated heterocycles. The Bertz CT molecular complexity index is 1020. The van der Waals surface area contributed by atoms with Crippen molar-refractivity contribution in [3.05, 3.63) is 63.5 Å². The number of hydrogen-bond acceptors (Lipinski definition) is 5. The number of nitrogens with one attached hydrogen (secondary N) is 1. The van der Waals surface area contributed by atoms with Crippen LogP contribution in [0.25, 0.3) is 6.08 Å². The van der Waals surface area contributed by atoms with Gasteiger partial charge in [-0.05, 0) is 53.1 Å². The molecule has 156 valence electrons. The molecule has 8 heteroatoms. The van der Waals surface area contributed by atoms with Crippen LogP contribution in [-0.4, -0.2) is 35.6 Å². The molecule has 2 aromatic carbocycles. The molecule has 1 fully saturated rings. The molecular formula is C22H21ClN2O4S. The maximum atomic E-state index is 12.6. The molecule has 0 aliphatic carbocycles. The van der Waals surface area contributed by atoms with Gasteiger partial charge in [-0.3, -0.25) is 19.3 Å². The molecule has 6 nitrogen and oxygen atoms in total. The van der Waals surface area contributed by atoms with E-state index in [4.69, 9.17) is 16.3 Å². The van der Waals surface area contributed by atoms with Crippen LogP contribution < -0.4 is 10.1 Å². The lowest BCUT2D eigenvalue weighted by atomic mass is 10.0. The van der Waals surface area contributed by atoms with Gasteiger partial charge in [0.2, 0.25) is 5.91 Å². The minimum absolute atomic E-state index is 0.289. The predicted octanol–water partition coefficient (Wildman–Crippen LogP) is 5.15. The molecule has 1 aliphatic heterocycles. The van der Waals surface area contributed by atoms with Crippen molar-refractivity contribution in [2.75, 3.05) is 19.0 Å². The molecule has 0 saturated carbocycles. The van der Waals surface area contributed by atoms with E-state index in [0.717, 1.165) is 22.2 Å². The van der Waals surface area contributed by atoms with Crippen LogP contribution in [0.1, 0.15) is 30.9 Å². The van der Waals surface area contributed by atoms with Crippen LogP contribution in [0.2, 0.25) is 5.02 Å². The fourth-order valence-corrected chi connectivity index (χ4v) is 3.95. The highest BCUT2D eigenvalue weighted by atomic mass is 35.5. The Labute approximate surface area is 184 Å². The van der Waals surface area contributed by atoms with Crippen LogP contribution in [0.5, 0.6) is 5.75 Å². The summed E-state index contributed by atoms with van der Waals surface area (Å²) in [7, 11) is 1.49. The summed E-state index contributed by atoms with van der Waals surface area (Å²) >= 11 is 6.87. The molecule has 1 N–H and O–H groups in total. The summed E-state index contributed by atoms with van der Waals surface area (Å²) in [6, 6.07) is 12.6. The fourth-order valence-electron chi connectivity index (χ4n) is 2.85. The number of anilines is 1. The van der Waals surface area contributed by atoms with Gasteiger partial charge in [0.25, 0.3) is 11.1 Å². The number of halogens is 1. The van der Waals surface area contributed by atoms with Gasteiger partial charge >= 0.3 is 0 Å². The number of nitrogens with zero attached hydrogens (tertiary/aromatic N) is 1. The van der Waals surface area contributed by atoms with Crippen molar-refractivity contribution in [1.29, 1.82) is 0 Å². The second-order valence-electron chi connectivity index (χ2n) is 6.99. The Hall–Kier alpha value is -2.77. The first-order valence-corrected chi connectivity index (χ1v) is 10.5. The monoisotopic (exact) mass is 444 g/mol. The third-order valence-electron chi connectivity index (χ3n) is 4.51. The van der Waals surface area contributed by atoms with Gasteiger partial charge in [-0.1, -0.05) is 49.7 Å². The summed E-state index contributed by atoms with van der Waals surface area (Å²) in [4.78, 5) is 38.4. The lowest BCUT2D eigenvalue weighted by molar-refractivity contribution is -0.127.